The van der Waals surface area contributed by atoms with Crippen LogP contribution in [-0.4, -0.2) is 9.38 Å². The Balaban J connectivity index is 2.07. The second kappa shape index (κ2) is 4.17. The molecule has 7 rings (SSSR count). The summed E-state index contributed by atoms with van der Waals surface area (Å²) in [6, 6.07) is 28.6. The van der Waals surface area contributed by atoms with E-state index in [1.54, 1.807) is 0 Å². The first-order valence-corrected chi connectivity index (χ1v) is 8.98. The van der Waals surface area contributed by atoms with Gasteiger partial charge >= 0.3 is 0 Å². The fourth-order valence-electron chi connectivity index (χ4n) is 4.84. The Kier molecular flexibility index (Phi) is 2.05. The van der Waals surface area contributed by atoms with Gasteiger partial charge in [0.15, 0.2) is 0 Å². The summed E-state index contributed by atoms with van der Waals surface area (Å²) >= 11 is 0. The molecule has 0 fully saturated rings. The molecule has 3 aromatic heterocycles. The van der Waals surface area contributed by atoms with Gasteiger partial charge in [0, 0.05) is 27.1 Å². The molecular formula is C24H14N2. The zero-order chi connectivity index (χ0) is 16.8. The monoisotopic (exact) mass is 330 g/mol. The Hall–Kier alpha value is -3.52. The van der Waals surface area contributed by atoms with Gasteiger partial charge in [-0.15, -0.1) is 0 Å². The maximum Gasteiger partial charge on any atom is 0.0804 e. The van der Waals surface area contributed by atoms with Crippen molar-refractivity contribution in [3.63, 3.8) is 0 Å². The molecule has 7 aromatic rings. The molecule has 4 aromatic carbocycles. The molecule has 0 spiro atoms. The molecule has 0 saturated carbocycles. The number of para-hydroxylation sites is 2. The van der Waals surface area contributed by atoms with Crippen LogP contribution in [0.15, 0.2) is 78.9 Å². The van der Waals surface area contributed by atoms with Crippen molar-refractivity contribution in [1.29, 1.82) is 0 Å². The third-order valence-electron chi connectivity index (χ3n) is 5.85. The Morgan fingerprint density at radius 1 is 0.577 bits per heavy atom. The Morgan fingerprint density at radius 3 is 2.19 bits per heavy atom. The zero-order valence-corrected chi connectivity index (χ0v) is 14.0. The third-order valence-corrected chi connectivity index (χ3v) is 5.85. The van der Waals surface area contributed by atoms with E-state index >= 15 is 0 Å². The highest BCUT2D eigenvalue weighted by molar-refractivity contribution is 6.32. The van der Waals surface area contributed by atoms with Crippen molar-refractivity contribution in [2.24, 2.45) is 0 Å². The Labute approximate surface area is 148 Å². The highest BCUT2D eigenvalue weighted by Crippen LogP contribution is 2.42. The normalized spacial score (nSPS) is 12.6. The van der Waals surface area contributed by atoms with Crippen LogP contribution in [0.3, 0.4) is 0 Å². The number of hydrogen-bond acceptors (Lipinski definition) is 0. The number of nitrogens with zero attached hydrogens (tertiary/aromatic N) is 1. The molecule has 0 atom stereocenters. The van der Waals surface area contributed by atoms with Crippen LogP contribution in [0.4, 0.5) is 0 Å². The van der Waals surface area contributed by atoms with Gasteiger partial charge in [-0.05, 0) is 29.0 Å². The SMILES string of the molecule is c1cc2ccc3[nH]c4c5ccccc5n5c6ccccc6c(c1)c2c3c45. The maximum atomic E-state index is 3.71. The van der Waals surface area contributed by atoms with E-state index in [9.17, 15) is 0 Å². The van der Waals surface area contributed by atoms with Gasteiger partial charge in [-0.1, -0.05) is 60.7 Å². The van der Waals surface area contributed by atoms with Crippen LogP contribution in [0, 0.1) is 0 Å². The molecule has 1 N–H and O–H groups in total. The first-order valence-electron chi connectivity index (χ1n) is 8.98. The molecule has 0 saturated heterocycles. The summed E-state index contributed by atoms with van der Waals surface area (Å²) in [6.07, 6.45) is 0. The second-order valence-electron chi connectivity index (χ2n) is 7.11. The highest BCUT2D eigenvalue weighted by Gasteiger charge is 2.19. The molecule has 0 aliphatic heterocycles. The lowest BCUT2D eigenvalue weighted by molar-refractivity contribution is 1.36. The average Bonchev–Trinajstić information content (AvgIpc) is 3.18. The standard InChI is InChI=1S/C24H14N2/c1-3-10-19-15(7-1)16-9-5-6-14-12-13-18-22(21(14)16)24-23(25-18)17-8-2-4-11-20(17)26(19)24/h1-13,25H. The van der Waals surface area contributed by atoms with Gasteiger partial charge in [0.25, 0.3) is 0 Å². The lowest BCUT2D eigenvalue weighted by Gasteiger charge is -2.02. The number of aromatic amines is 1. The van der Waals surface area contributed by atoms with E-state index in [2.05, 4.69) is 88.2 Å². The largest absolute Gasteiger partial charge is 0.353 e. The zero-order valence-electron chi connectivity index (χ0n) is 14.0. The van der Waals surface area contributed by atoms with Crippen molar-refractivity contribution < 1.29 is 0 Å². The minimum atomic E-state index is 1.21. The van der Waals surface area contributed by atoms with Gasteiger partial charge in [-0.25, -0.2) is 0 Å². The predicted molar refractivity (Wildman–Crippen MR) is 110 cm³/mol. The molecule has 0 aliphatic carbocycles. The average molecular weight is 330 g/mol. The summed E-state index contributed by atoms with van der Waals surface area (Å²) in [7, 11) is 0. The van der Waals surface area contributed by atoms with Gasteiger partial charge in [0.1, 0.15) is 0 Å². The highest BCUT2D eigenvalue weighted by atomic mass is 14.9. The van der Waals surface area contributed by atoms with Crippen LogP contribution < -0.4 is 0 Å². The van der Waals surface area contributed by atoms with E-state index < -0.39 is 0 Å². The van der Waals surface area contributed by atoms with E-state index in [4.69, 9.17) is 0 Å². The minimum absolute atomic E-state index is 1.21. The smallest absolute Gasteiger partial charge is 0.0804 e. The summed E-state index contributed by atoms with van der Waals surface area (Å²) in [5.41, 5.74) is 6.25. The maximum absolute atomic E-state index is 3.71. The van der Waals surface area contributed by atoms with Crippen LogP contribution >= 0.6 is 0 Å². The van der Waals surface area contributed by atoms with Crippen molar-refractivity contribution in [3.8, 4) is 0 Å². The van der Waals surface area contributed by atoms with Crippen molar-refractivity contribution in [3.05, 3.63) is 78.9 Å². The van der Waals surface area contributed by atoms with Crippen molar-refractivity contribution in [2.75, 3.05) is 0 Å². The number of benzene rings is 4. The van der Waals surface area contributed by atoms with Crippen LogP contribution in [0.1, 0.15) is 0 Å². The molecule has 0 radical (unpaired) electrons. The number of rotatable bonds is 0. The first kappa shape index (κ1) is 12.8. The lowest BCUT2D eigenvalue weighted by atomic mass is 10.0. The summed E-state index contributed by atoms with van der Waals surface area (Å²) in [6.45, 7) is 0. The molecule has 3 heterocycles. The third kappa shape index (κ3) is 1.29. The van der Waals surface area contributed by atoms with Crippen LogP contribution in [-0.2, 0) is 0 Å². The number of fused-ring (bicyclic) bond motifs is 6. The Morgan fingerprint density at radius 2 is 1.31 bits per heavy atom. The second-order valence-corrected chi connectivity index (χ2v) is 7.11. The number of nitrogens with one attached hydrogen (secondary N) is 1. The molecule has 120 valence electrons. The quantitative estimate of drug-likeness (QED) is 0.329. The van der Waals surface area contributed by atoms with Crippen LogP contribution in [0.2, 0.25) is 0 Å². The molecule has 0 bridgehead atoms. The van der Waals surface area contributed by atoms with Gasteiger partial charge in [0.2, 0.25) is 0 Å². The van der Waals surface area contributed by atoms with Crippen molar-refractivity contribution in [2.45, 2.75) is 0 Å². The molecule has 26 heavy (non-hydrogen) atoms. The van der Waals surface area contributed by atoms with Gasteiger partial charge in [-0.3, -0.25) is 0 Å². The fourth-order valence-corrected chi connectivity index (χ4v) is 4.84. The first-order chi connectivity index (χ1) is 12.9. The van der Waals surface area contributed by atoms with Crippen LogP contribution in [0.25, 0.3) is 59.9 Å². The van der Waals surface area contributed by atoms with Gasteiger partial charge in [0.05, 0.1) is 22.1 Å². The van der Waals surface area contributed by atoms with Crippen molar-refractivity contribution >= 4 is 59.9 Å². The van der Waals surface area contributed by atoms with Gasteiger partial charge < -0.3 is 9.38 Å². The van der Waals surface area contributed by atoms with Crippen LogP contribution in [0.5, 0.6) is 0 Å². The summed E-state index contributed by atoms with van der Waals surface area (Å²) in [5, 5.41) is 7.87. The van der Waals surface area contributed by atoms with E-state index in [1.165, 1.54) is 59.9 Å². The molecule has 0 aliphatic rings. The molecule has 0 amide bonds. The van der Waals surface area contributed by atoms with Crippen molar-refractivity contribution in [1.82, 2.24) is 9.38 Å². The molecule has 2 nitrogen and oxygen atoms in total. The number of aromatic nitrogens is 2. The summed E-state index contributed by atoms with van der Waals surface area (Å²) in [4.78, 5) is 3.71. The fraction of sp³-hybridized carbons (Fsp3) is 0. The minimum Gasteiger partial charge on any atom is -0.353 e. The van der Waals surface area contributed by atoms with E-state index in [1.807, 2.05) is 0 Å². The molecule has 2 heteroatoms. The molecular weight excluding hydrogens is 316 g/mol. The summed E-state index contributed by atoms with van der Waals surface area (Å²) < 4.78 is 2.44. The number of hydrogen-bond donors (Lipinski definition) is 1. The lowest BCUT2D eigenvalue weighted by Crippen LogP contribution is -1.83. The summed E-state index contributed by atoms with van der Waals surface area (Å²) in [5.74, 6) is 0. The topological polar surface area (TPSA) is 20.2 Å². The predicted octanol–water partition coefficient (Wildman–Crippen LogP) is 6.47. The Bertz CT molecular complexity index is 1630. The van der Waals surface area contributed by atoms with E-state index in [0.717, 1.165) is 0 Å². The van der Waals surface area contributed by atoms with Gasteiger partial charge in [-0.2, -0.15) is 0 Å². The molecule has 0 unspecified atom stereocenters. The van der Waals surface area contributed by atoms with E-state index in [-0.39, 0.29) is 0 Å². The number of H-pyrrole nitrogens is 1. The van der Waals surface area contributed by atoms with E-state index in [0.29, 0.717) is 0 Å².